The minimum absolute atomic E-state index is 0.217. The summed E-state index contributed by atoms with van der Waals surface area (Å²) in [7, 11) is 0. The Bertz CT molecular complexity index is 703. The summed E-state index contributed by atoms with van der Waals surface area (Å²) in [5.41, 5.74) is 2.66. The van der Waals surface area contributed by atoms with Gasteiger partial charge in [0.05, 0.1) is 12.1 Å². The molecule has 0 aromatic heterocycles. The third-order valence-corrected chi connectivity index (χ3v) is 3.97. The molecule has 4 nitrogen and oxygen atoms in total. The van der Waals surface area contributed by atoms with Crippen molar-refractivity contribution in [1.29, 1.82) is 0 Å². The molecule has 1 aliphatic rings. The topological polar surface area (TPSA) is 61.4 Å². The van der Waals surface area contributed by atoms with Crippen LogP contribution >= 0.6 is 12.2 Å². The molecule has 1 aliphatic carbocycles. The van der Waals surface area contributed by atoms with Crippen molar-refractivity contribution in [3.63, 3.8) is 0 Å². The smallest absolute Gasteiger partial charge is 0.257 e. The summed E-state index contributed by atoms with van der Waals surface area (Å²) in [6.45, 7) is 0. The number of thiocarbonyl (C=S) groups is 1. The lowest BCUT2D eigenvalue weighted by atomic mass is 10.1. The summed E-state index contributed by atoms with van der Waals surface area (Å²) in [5, 5.41) is 16.1. The average molecular weight is 312 g/mol. The van der Waals surface area contributed by atoms with Crippen LogP contribution in [0.5, 0.6) is 0 Å². The van der Waals surface area contributed by atoms with Crippen LogP contribution in [0.2, 0.25) is 0 Å². The highest BCUT2D eigenvalue weighted by Crippen LogP contribution is 2.31. The number of aliphatic hydroxyl groups excluding tert-OH is 1. The summed E-state index contributed by atoms with van der Waals surface area (Å²) >= 11 is 5.19. The lowest BCUT2D eigenvalue weighted by molar-refractivity contribution is 0.0974. The van der Waals surface area contributed by atoms with E-state index in [-0.39, 0.29) is 17.1 Å². The van der Waals surface area contributed by atoms with Crippen LogP contribution in [0.25, 0.3) is 0 Å². The zero-order valence-corrected chi connectivity index (χ0v) is 12.6. The molecule has 2 atom stereocenters. The summed E-state index contributed by atoms with van der Waals surface area (Å²) in [6.07, 6.45) is 0.0345. The zero-order chi connectivity index (χ0) is 15.5. The van der Waals surface area contributed by atoms with Crippen LogP contribution in [0.1, 0.15) is 27.5 Å². The van der Waals surface area contributed by atoms with Crippen molar-refractivity contribution in [2.45, 2.75) is 18.6 Å². The predicted octanol–water partition coefficient (Wildman–Crippen LogP) is 1.95. The molecule has 22 heavy (non-hydrogen) atoms. The zero-order valence-electron chi connectivity index (χ0n) is 11.8. The van der Waals surface area contributed by atoms with E-state index in [2.05, 4.69) is 10.6 Å². The molecule has 0 fully saturated rings. The maximum absolute atomic E-state index is 12.1. The van der Waals surface area contributed by atoms with E-state index in [9.17, 15) is 9.90 Å². The molecule has 0 bridgehead atoms. The van der Waals surface area contributed by atoms with Crippen LogP contribution in [0.15, 0.2) is 54.6 Å². The molecule has 2 aromatic carbocycles. The van der Waals surface area contributed by atoms with Gasteiger partial charge in [-0.3, -0.25) is 10.1 Å². The molecule has 0 saturated heterocycles. The third kappa shape index (κ3) is 3.00. The highest BCUT2D eigenvalue weighted by molar-refractivity contribution is 7.80. The normalized spacial score (nSPS) is 19.3. The Kier molecular flexibility index (Phi) is 4.18. The third-order valence-electron chi connectivity index (χ3n) is 3.75. The number of benzene rings is 2. The fourth-order valence-corrected chi connectivity index (χ4v) is 2.91. The predicted molar refractivity (Wildman–Crippen MR) is 88.5 cm³/mol. The molecule has 5 heteroatoms. The van der Waals surface area contributed by atoms with Crippen molar-refractivity contribution >= 4 is 23.2 Å². The second-order valence-corrected chi connectivity index (χ2v) is 5.65. The first-order valence-electron chi connectivity index (χ1n) is 7.08. The Morgan fingerprint density at radius 1 is 1.09 bits per heavy atom. The van der Waals surface area contributed by atoms with E-state index in [4.69, 9.17) is 12.2 Å². The van der Waals surface area contributed by atoms with Gasteiger partial charge in [-0.1, -0.05) is 42.5 Å². The van der Waals surface area contributed by atoms with Crippen molar-refractivity contribution in [3.05, 3.63) is 71.3 Å². The maximum atomic E-state index is 12.1. The molecule has 112 valence electrons. The maximum Gasteiger partial charge on any atom is 0.257 e. The van der Waals surface area contributed by atoms with Crippen LogP contribution in [-0.2, 0) is 6.42 Å². The van der Waals surface area contributed by atoms with E-state index in [1.807, 2.05) is 30.3 Å². The van der Waals surface area contributed by atoms with Gasteiger partial charge in [0.2, 0.25) is 0 Å². The number of amides is 1. The average Bonchev–Trinajstić information content (AvgIpc) is 2.84. The monoisotopic (exact) mass is 312 g/mol. The van der Waals surface area contributed by atoms with E-state index in [1.165, 1.54) is 0 Å². The van der Waals surface area contributed by atoms with Crippen LogP contribution in [0.4, 0.5) is 0 Å². The molecule has 0 spiro atoms. The van der Waals surface area contributed by atoms with Gasteiger partial charge in [-0.25, -0.2) is 0 Å². The number of hydrogen-bond acceptors (Lipinski definition) is 3. The van der Waals surface area contributed by atoms with E-state index >= 15 is 0 Å². The van der Waals surface area contributed by atoms with Gasteiger partial charge < -0.3 is 10.4 Å². The Morgan fingerprint density at radius 3 is 2.55 bits per heavy atom. The van der Waals surface area contributed by atoms with Gasteiger partial charge in [0.25, 0.3) is 5.91 Å². The summed E-state index contributed by atoms with van der Waals surface area (Å²) in [4.78, 5) is 12.1. The van der Waals surface area contributed by atoms with Crippen LogP contribution in [0.3, 0.4) is 0 Å². The van der Waals surface area contributed by atoms with Crippen molar-refractivity contribution in [3.8, 4) is 0 Å². The molecule has 3 rings (SSSR count). The number of carbonyl (C=O) groups is 1. The Labute approximate surface area is 134 Å². The lowest BCUT2D eigenvalue weighted by Crippen LogP contribution is -2.43. The molecule has 2 unspecified atom stereocenters. The summed E-state index contributed by atoms with van der Waals surface area (Å²) in [6, 6.07) is 16.4. The Balaban J connectivity index is 1.66. The number of nitrogens with one attached hydrogen (secondary N) is 2. The van der Waals surface area contributed by atoms with E-state index in [1.54, 1.807) is 24.3 Å². The highest BCUT2D eigenvalue weighted by atomic mass is 32.1. The molecular formula is C17H16N2O2S. The van der Waals surface area contributed by atoms with Crippen LogP contribution in [-0.4, -0.2) is 22.2 Å². The lowest BCUT2D eigenvalue weighted by Gasteiger charge is -2.20. The standard InChI is InChI=1S/C17H16N2O2S/c20-14-10-12-8-4-5-9-13(12)15(14)18-17(22)19-16(21)11-6-2-1-3-7-11/h1-9,14-15,20H,10H2,(H2,18,19,21,22). The SMILES string of the molecule is O=C(NC(=S)NC1c2ccccc2CC1O)c1ccccc1. The van der Waals surface area contributed by atoms with Crippen molar-refractivity contribution in [2.75, 3.05) is 0 Å². The number of hydrogen-bond donors (Lipinski definition) is 3. The second kappa shape index (κ2) is 6.25. The van der Waals surface area contributed by atoms with Gasteiger partial charge in [-0.05, 0) is 35.5 Å². The van der Waals surface area contributed by atoms with Gasteiger partial charge in [0.1, 0.15) is 0 Å². The number of fused-ring (bicyclic) bond motifs is 1. The number of carbonyl (C=O) groups excluding carboxylic acids is 1. The van der Waals surface area contributed by atoms with Gasteiger partial charge >= 0.3 is 0 Å². The van der Waals surface area contributed by atoms with E-state index in [0.717, 1.165) is 11.1 Å². The Hall–Kier alpha value is -2.24. The molecule has 0 saturated carbocycles. The largest absolute Gasteiger partial charge is 0.390 e. The quantitative estimate of drug-likeness (QED) is 0.742. The first-order chi connectivity index (χ1) is 10.6. The van der Waals surface area contributed by atoms with Crippen molar-refractivity contribution < 1.29 is 9.90 Å². The highest BCUT2D eigenvalue weighted by Gasteiger charge is 2.31. The van der Waals surface area contributed by atoms with Crippen molar-refractivity contribution in [1.82, 2.24) is 10.6 Å². The fourth-order valence-electron chi connectivity index (χ4n) is 2.69. The van der Waals surface area contributed by atoms with E-state index < -0.39 is 6.10 Å². The molecule has 3 N–H and O–H groups in total. The molecular weight excluding hydrogens is 296 g/mol. The Morgan fingerprint density at radius 2 is 1.77 bits per heavy atom. The van der Waals surface area contributed by atoms with Crippen molar-refractivity contribution in [2.24, 2.45) is 0 Å². The fraction of sp³-hybridized carbons (Fsp3) is 0.176. The number of rotatable bonds is 2. The molecule has 2 aromatic rings. The first kappa shape index (κ1) is 14.7. The van der Waals surface area contributed by atoms with Gasteiger partial charge in [0.15, 0.2) is 5.11 Å². The van der Waals surface area contributed by atoms with Gasteiger partial charge in [0, 0.05) is 12.0 Å². The molecule has 0 heterocycles. The minimum atomic E-state index is -0.552. The van der Waals surface area contributed by atoms with E-state index in [0.29, 0.717) is 12.0 Å². The summed E-state index contributed by atoms with van der Waals surface area (Å²) in [5.74, 6) is -0.265. The van der Waals surface area contributed by atoms with Crippen LogP contribution < -0.4 is 10.6 Å². The number of aliphatic hydroxyl groups is 1. The van der Waals surface area contributed by atoms with Gasteiger partial charge in [-0.15, -0.1) is 0 Å². The molecule has 0 radical (unpaired) electrons. The summed E-state index contributed by atoms with van der Waals surface area (Å²) < 4.78 is 0. The molecule has 0 aliphatic heterocycles. The minimum Gasteiger partial charge on any atom is -0.390 e. The first-order valence-corrected chi connectivity index (χ1v) is 7.49. The van der Waals surface area contributed by atoms with Crippen LogP contribution in [0, 0.1) is 0 Å². The molecule has 1 amide bonds. The van der Waals surface area contributed by atoms with Gasteiger partial charge in [-0.2, -0.15) is 0 Å². The second-order valence-electron chi connectivity index (χ2n) is 5.24.